The molecule has 4 aromatic rings. The Labute approximate surface area is 199 Å². The summed E-state index contributed by atoms with van der Waals surface area (Å²) in [4.78, 5) is 20.7. The van der Waals surface area contributed by atoms with Crippen LogP contribution in [0.25, 0.3) is 5.70 Å². The van der Waals surface area contributed by atoms with Crippen molar-refractivity contribution in [1.29, 1.82) is 0 Å². The molecule has 168 valence electrons. The first-order chi connectivity index (χ1) is 16.6. The number of fused-ring (bicyclic) bond motifs is 3. The molecule has 2 aromatic heterocycles. The van der Waals surface area contributed by atoms with E-state index < -0.39 is 12.1 Å². The zero-order chi connectivity index (χ0) is 23.2. The van der Waals surface area contributed by atoms with Gasteiger partial charge in [-0.15, -0.1) is 0 Å². The number of anilines is 1. The van der Waals surface area contributed by atoms with Crippen molar-refractivity contribution in [3.05, 3.63) is 106 Å². The molecular formula is C25H18ClN5O3. The average molecular weight is 472 g/mol. The van der Waals surface area contributed by atoms with Crippen molar-refractivity contribution in [3.8, 4) is 5.75 Å². The second-order valence-electron chi connectivity index (χ2n) is 7.92. The highest BCUT2D eigenvalue weighted by Gasteiger charge is 2.41. The molecule has 0 saturated carbocycles. The number of nitrogens with zero attached hydrogens (tertiary/aromatic N) is 4. The molecule has 9 heteroatoms. The fourth-order valence-electron chi connectivity index (χ4n) is 4.49. The fraction of sp³-hybridized carbons (Fsp3) is 0.120. The summed E-state index contributed by atoms with van der Waals surface area (Å²) in [6.07, 6.45) is 4.60. The molecule has 2 aliphatic rings. The smallest absolute Gasteiger partial charge is 0.337 e. The number of nitrogens with one attached hydrogen (secondary N) is 1. The predicted molar refractivity (Wildman–Crippen MR) is 126 cm³/mol. The molecule has 0 unspecified atom stereocenters. The van der Waals surface area contributed by atoms with Gasteiger partial charge in [-0.1, -0.05) is 29.8 Å². The molecule has 2 aromatic carbocycles. The maximum atomic E-state index is 12.0. The maximum Gasteiger partial charge on any atom is 0.337 e. The van der Waals surface area contributed by atoms with E-state index in [1.807, 2.05) is 47.3 Å². The Morgan fingerprint density at radius 2 is 2.00 bits per heavy atom. The Morgan fingerprint density at radius 3 is 2.76 bits per heavy atom. The average Bonchev–Trinajstić information content (AvgIpc) is 3.35. The standard InChI is InChI=1S/C25H18ClN5O3/c1-33-24(32)15-6-4-14(5-7-15)23-20-21(18-11-17(26)8-9-19(18)34-23)30-25-28-13-29-31(25)22(20)16-3-2-10-27-12-16/h2-13,22-23H,1H3,(H,28,29,30)/t22-,23+/m1/s1. The monoisotopic (exact) mass is 471 g/mol. The minimum atomic E-state index is -0.467. The summed E-state index contributed by atoms with van der Waals surface area (Å²) in [6.45, 7) is 0. The van der Waals surface area contributed by atoms with Crippen molar-refractivity contribution < 1.29 is 14.3 Å². The summed E-state index contributed by atoms with van der Waals surface area (Å²) < 4.78 is 13.2. The molecule has 2 atom stereocenters. The number of carbonyl (C=O) groups excluding carboxylic acids is 1. The van der Waals surface area contributed by atoms with Crippen molar-refractivity contribution >= 4 is 29.2 Å². The van der Waals surface area contributed by atoms with Gasteiger partial charge in [-0.05, 0) is 47.5 Å². The minimum absolute atomic E-state index is 0.320. The van der Waals surface area contributed by atoms with Gasteiger partial charge >= 0.3 is 5.97 Å². The Bertz CT molecular complexity index is 1430. The number of methoxy groups -OCH3 is 1. The summed E-state index contributed by atoms with van der Waals surface area (Å²) in [7, 11) is 1.36. The third kappa shape index (κ3) is 3.22. The van der Waals surface area contributed by atoms with Gasteiger partial charge < -0.3 is 14.8 Å². The molecule has 0 radical (unpaired) electrons. The van der Waals surface area contributed by atoms with E-state index in [2.05, 4.69) is 20.4 Å². The van der Waals surface area contributed by atoms with Crippen LogP contribution >= 0.6 is 11.6 Å². The summed E-state index contributed by atoms with van der Waals surface area (Å²) >= 11 is 6.36. The molecule has 1 N–H and O–H groups in total. The van der Waals surface area contributed by atoms with Crippen molar-refractivity contribution in [2.75, 3.05) is 12.4 Å². The lowest BCUT2D eigenvalue weighted by Gasteiger charge is -2.38. The third-order valence-corrected chi connectivity index (χ3v) is 6.25. The lowest BCUT2D eigenvalue weighted by molar-refractivity contribution is 0.0600. The molecule has 6 rings (SSSR count). The number of benzene rings is 2. The predicted octanol–water partition coefficient (Wildman–Crippen LogP) is 4.67. The normalized spacial score (nSPS) is 18.2. The van der Waals surface area contributed by atoms with Gasteiger partial charge in [0, 0.05) is 28.6 Å². The van der Waals surface area contributed by atoms with Crippen LogP contribution in [0.4, 0.5) is 5.95 Å². The maximum absolute atomic E-state index is 12.0. The van der Waals surface area contributed by atoms with Crippen LogP contribution in [0.1, 0.15) is 39.2 Å². The van der Waals surface area contributed by atoms with E-state index in [-0.39, 0.29) is 6.04 Å². The number of pyridine rings is 1. The summed E-state index contributed by atoms with van der Waals surface area (Å²) in [5, 5.41) is 8.53. The Balaban J connectivity index is 1.57. The highest BCUT2D eigenvalue weighted by Crippen LogP contribution is 2.50. The molecule has 2 aliphatic heterocycles. The van der Waals surface area contributed by atoms with Gasteiger partial charge in [-0.25, -0.2) is 9.48 Å². The summed E-state index contributed by atoms with van der Waals surface area (Å²) in [5.74, 6) is 0.909. The Hall–Kier alpha value is -4.17. The second-order valence-corrected chi connectivity index (χ2v) is 8.36. The van der Waals surface area contributed by atoms with E-state index in [4.69, 9.17) is 21.1 Å². The number of halogens is 1. The number of hydrogen-bond donors (Lipinski definition) is 1. The van der Waals surface area contributed by atoms with Crippen LogP contribution in [0, 0.1) is 0 Å². The van der Waals surface area contributed by atoms with Crippen LogP contribution in [-0.2, 0) is 4.74 Å². The van der Waals surface area contributed by atoms with Crippen LogP contribution in [0.15, 0.2) is 78.9 Å². The SMILES string of the molecule is COC(=O)c1ccc([C@@H]2Oc3ccc(Cl)cc3C3=C2[C@@H](c2cccnc2)n2ncnc2N3)cc1. The molecule has 0 fully saturated rings. The van der Waals surface area contributed by atoms with E-state index >= 15 is 0 Å². The number of carbonyl (C=O) groups is 1. The van der Waals surface area contributed by atoms with Crippen molar-refractivity contribution in [1.82, 2.24) is 19.7 Å². The van der Waals surface area contributed by atoms with Crippen molar-refractivity contribution in [3.63, 3.8) is 0 Å². The zero-order valence-corrected chi connectivity index (χ0v) is 18.7. The number of rotatable bonds is 3. The van der Waals surface area contributed by atoms with Gasteiger partial charge in [-0.2, -0.15) is 10.1 Å². The summed E-state index contributed by atoms with van der Waals surface area (Å²) in [6, 6.07) is 16.3. The Kier molecular flexibility index (Phi) is 4.81. The van der Waals surface area contributed by atoms with Crippen LogP contribution in [0.5, 0.6) is 5.75 Å². The van der Waals surface area contributed by atoms with Crippen LogP contribution in [0.2, 0.25) is 5.02 Å². The van der Waals surface area contributed by atoms with E-state index in [1.165, 1.54) is 13.4 Å². The first-order valence-electron chi connectivity index (χ1n) is 10.6. The number of ether oxygens (including phenoxy) is 2. The van der Waals surface area contributed by atoms with Gasteiger partial charge in [0.15, 0.2) is 0 Å². The third-order valence-electron chi connectivity index (χ3n) is 6.01. The zero-order valence-electron chi connectivity index (χ0n) is 18.0. The number of aromatic nitrogens is 4. The topological polar surface area (TPSA) is 91.2 Å². The van der Waals surface area contributed by atoms with E-state index in [1.54, 1.807) is 24.4 Å². The second kappa shape index (κ2) is 8.00. The lowest BCUT2D eigenvalue weighted by Crippen LogP contribution is -2.32. The molecule has 0 amide bonds. The molecule has 4 heterocycles. The molecule has 0 spiro atoms. The van der Waals surface area contributed by atoms with Gasteiger partial charge in [-0.3, -0.25) is 4.98 Å². The largest absolute Gasteiger partial charge is 0.480 e. The number of hydrogen-bond acceptors (Lipinski definition) is 7. The molecule has 0 aliphatic carbocycles. The van der Waals surface area contributed by atoms with Crippen molar-refractivity contribution in [2.45, 2.75) is 12.1 Å². The van der Waals surface area contributed by atoms with Gasteiger partial charge in [0.05, 0.1) is 18.4 Å². The first-order valence-corrected chi connectivity index (χ1v) is 11.0. The lowest BCUT2D eigenvalue weighted by atomic mass is 9.85. The first kappa shape index (κ1) is 20.4. The van der Waals surface area contributed by atoms with Crippen LogP contribution in [0.3, 0.4) is 0 Å². The minimum Gasteiger partial charge on any atom is -0.480 e. The quantitative estimate of drug-likeness (QED) is 0.434. The van der Waals surface area contributed by atoms with Crippen molar-refractivity contribution in [2.24, 2.45) is 0 Å². The molecule has 0 saturated heterocycles. The fourth-order valence-corrected chi connectivity index (χ4v) is 4.66. The van der Waals surface area contributed by atoms with Gasteiger partial charge in [0.25, 0.3) is 0 Å². The highest BCUT2D eigenvalue weighted by atomic mass is 35.5. The molecular weight excluding hydrogens is 454 g/mol. The molecule has 0 bridgehead atoms. The summed E-state index contributed by atoms with van der Waals surface area (Å²) in [5.41, 5.74) is 4.92. The van der Waals surface area contributed by atoms with E-state index in [9.17, 15) is 4.79 Å². The van der Waals surface area contributed by atoms with Gasteiger partial charge in [0.1, 0.15) is 24.2 Å². The molecule has 8 nitrogen and oxygen atoms in total. The highest BCUT2D eigenvalue weighted by molar-refractivity contribution is 6.30. The van der Waals surface area contributed by atoms with Crippen LogP contribution in [-0.4, -0.2) is 32.8 Å². The van der Waals surface area contributed by atoms with Gasteiger partial charge in [0.2, 0.25) is 5.95 Å². The number of esters is 1. The van der Waals surface area contributed by atoms with E-state index in [0.29, 0.717) is 22.3 Å². The molecule has 34 heavy (non-hydrogen) atoms. The van der Waals surface area contributed by atoms with Crippen LogP contribution < -0.4 is 10.1 Å². The Morgan fingerprint density at radius 1 is 1.15 bits per heavy atom. The van der Waals surface area contributed by atoms with E-state index in [0.717, 1.165) is 28.0 Å².